The van der Waals surface area contributed by atoms with Crippen LogP contribution in [0.5, 0.6) is 0 Å². The lowest BCUT2D eigenvalue weighted by atomic mass is 9.90. The van der Waals surface area contributed by atoms with Crippen LogP contribution in [0.4, 0.5) is 0 Å². The number of aliphatic hydroxyl groups excluding tert-OH is 2. The van der Waals surface area contributed by atoms with Crippen molar-refractivity contribution in [3.8, 4) is 0 Å². The number of rotatable bonds is 8. The van der Waals surface area contributed by atoms with E-state index in [1.807, 2.05) is 0 Å². The van der Waals surface area contributed by atoms with Crippen LogP contribution in [-0.2, 0) is 0 Å². The van der Waals surface area contributed by atoms with E-state index in [2.05, 4.69) is 17.1 Å². The van der Waals surface area contributed by atoms with Gasteiger partial charge in [-0.1, -0.05) is 19.8 Å². The van der Waals surface area contributed by atoms with E-state index in [-0.39, 0.29) is 13.2 Å². The molecule has 4 nitrogen and oxygen atoms in total. The van der Waals surface area contributed by atoms with Crippen LogP contribution in [-0.4, -0.2) is 60.5 Å². The minimum Gasteiger partial charge on any atom is -0.395 e. The molecule has 17 heavy (non-hydrogen) atoms. The normalized spacial score (nSPS) is 26.3. The lowest BCUT2D eigenvalue weighted by Crippen LogP contribution is -2.50. The van der Waals surface area contributed by atoms with Gasteiger partial charge in [0.1, 0.15) is 0 Å². The van der Waals surface area contributed by atoms with Crippen LogP contribution < -0.4 is 5.32 Å². The topological polar surface area (TPSA) is 55.7 Å². The zero-order chi connectivity index (χ0) is 12.5. The predicted molar refractivity (Wildman–Crippen MR) is 70.0 cm³/mol. The van der Waals surface area contributed by atoms with Gasteiger partial charge in [-0.25, -0.2) is 0 Å². The first-order chi connectivity index (χ1) is 8.30. The zero-order valence-corrected chi connectivity index (χ0v) is 11.1. The molecule has 4 heteroatoms. The van der Waals surface area contributed by atoms with Crippen LogP contribution in [0.15, 0.2) is 0 Å². The molecule has 1 heterocycles. The first-order valence-electron chi connectivity index (χ1n) is 6.97. The van der Waals surface area contributed by atoms with Gasteiger partial charge in [-0.05, 0) is 18.8 Å². The Morgan fingerprint density at radius 1 is 1.24 bits per heavy atom. The van der Waals surface area contributed by atoms with Gasteiger partial charge >= 0.3 is 0 Å². The summed E-state index contributed by atoms with van der Waals surface area (Å²) < 4.78 is 0. The Labute approximate surface area is 105 Å². The number of nitrogens with zero attached hydrogens (tertiary/aromatic N) is 1. The fourth-order valence-electron chi connectivity index (χ4n) is 2.75. The van der Waals surface area contributed by atoms with E-state index in [0.717, 1.165) is 25.6 Å². The van der Waals surface area contributed by atoms with Gasteiger partial charge in [0.05, 0.1) is 13.2 Å². The molecule has 2 atom stereocenters. The monoisotopic (exact) mass is 244 g/mol. The first kappa shape index (κ1) is 14.9. The zero-order valence-electron chi connectivity index (χ0n) is 11.1. The maximum Gasteiger partial charge on any atom is 0.0558 e. The summed E-state index contributed by atoms with van der Waals surface area (Å²) in [5.74, 6) is 0.742. The summed E-state index contributed by atoms with van der Waals surface area (Å²) in [5.41, 5.74) is 0. The molecule has 0 aromatic rings. The summed E-state index contributed by atoms with van der Waals surface area (Å²) in [6.45, 7) is 6.26. The molecule has 0 bridgehead atoms. The summed E-state index contributed by atoms with van der Waals surface area (Å²) in [6, 6.07) is 0.476. The van der Waals surface area contributed by atoms with E-state index in [4.69, 9.17) is 10.2 Å². The Morgan fingerprint density at radius 2 is 2.06 bits per heavy atom. The number of likely N-dealkylation sites (tertiary alicyclic amines) is 1. The minimum absolute atomic E-state index is 0.204. The van der Waals surface area contributed by atoms with Gasteiger partial charge in [0.2, 0.25) is 0 Å². The molecule has 0 aromatic heterocycles. The largest absolute Gasteiger partial charge is 0.395 e. The van der Waals surface area contributed by atoms with E-state index in [1.54, 1.807) is 0 Å². The first-order valence-corrected chi connectivity index (χ1v) is 6.97. The molecule has 0 aliphatic carbocycles. The standard InChI is InChI=1S/C13H28N2O2/c1-2-3-4-12-9-13(14-5-7-16)11-15(10-12)6-8-17/h12-14,16-17H,2-11H2,1H3. The molecule has 0 radical (unpaired) electrons. The van der Waals surface area contributed by atoms with Crippen molar-refractivity contribution in [3.63, 3.8) is 0 Å². The highest BCUT2D eigenvalue weighted by atomic mass is 16.3. The highest BCUT2D eigenvalue weighted by Crippen LogP contribution is 2.21. The van der Waals surface area contributed by atoms with Crippen molar-refractivity contribution in [2.45, 2.75) is 38.6 Å². The second kappa shape index (κ2) is 8.86. The van der Waals surface area contributed by atoms with E-state index in [9.17, 15) is 0 Å². The van der Waals surface area contributed by atoms with Crippen molar-refractivity contribution in [1.82, 2.24) is 10.2 Å². The molecule has 2 unspecified atom stereocenters. The quantitative estimate of drug-likeness (QED) is 0.580. The minimum atomic E-state index is 0.204. The number of aliphatic hydroxyl groups is 2. The Kier molecular flexibility index (Phi) is 7.77. The second-order valence-electron chi connectivity index (χ2n) is 5.10. The Bertz CT molecular complexity index is 174. The summed E-state index contributed by atoms with van der Waals surface area (Å²) in [6.07, 6.45) is 5.05. The van der Waals surface area contributed by atoms with Crippen LogP contribution in [0, 0.1) is 5.92 Å². The third kappa shape index (κ3) is 5.82. The average molecular weight is 244 g/mol. The molecular formula is C13H28N2O2. The molecule has 1 aliphatic heterocycles. The van der Waals surface area contributed by atoms with E-state index >= 15 is 0 Å². The third-order valence-corrected chi connectivity index (χ3v) is 3.54. The van der Waals surface area contributed by atoms with Crippen molar-refractivity contribution in [1.29, 1.82) is 0 Å². The van der Waals surface area contributed by atoms with Crippen molar-refractivity contribution >= 4 is 0 Å². The molecule has 102 valence electrons. The van der Waals surface area contributed by atoms with Gasteiger partial charge in [0, 0.05) is 32.2 Å². The number of hydrogen-bond donors (Lipinski definition) is 3. The number of nitrogens with one attached hydrogen (secondary N) is 1. The Balaban J connectivity index is 2.37. The molecule has 0 spiro atoms. The van der Waals surface area contributed by atoms with Crippen LogP contribution in [0.2, 0.25) is 0 Å². The molecule has 1 rings (SSSR count). The predicted octanol–water partition coefficient (Wildman–Crippen LogP) is 0.441. The molecule has 0 aromatic carbocycles. The Morgan fingerprint density at radius 3 is 2.71 bits per heavy atom. The molecule has 3 N–H and O–H groups in total. The fraction of sp³-hybridized carbons (Fsp3) is 1.00. The average Bonchev–Trinajstić information content (AvgIpc) is 2.34. The van der Waals surface area contributed by atoms with Gasteiger partial charge in [-0.2, -0.15) is 0 Å². The van der Waals surface area contributed by atoms with E-state index < -0.39 is 0 Å². The van der Waals surface area contributed by atoms with Crippen LogP contribution >= 0.6 is 0 Å². The molecule has 0 saturated carbocycles. The summed E-state index contributed by atoms with van der Waals surface area (Å²) in [5, 5.41) is 21.3. The SMILES string of the molecule is CCCCC1CC(NCCO)CN(CCO)C1. The summed E-state index contributed by atoms with van der Waals surface area (Å²) in [7, 11) is 0. The lowest BCUT2D eigenvalue weighted by molar-refractivity contribution is 0.109. The van der Waals surface area contributed by atoms with Gasteiger partial charge in [-0.3, -0.25) is 4.90 Å². The maximum absolute atomic E-state index is 9.04. The lowest BCUT2D eigenvalue weighted by Gasteiger charge is -2.38. The highest BCUT2D eigenvalue weighted by molar-refractivity contribution is 4.83. The maximum atomic E-state index is 9.04. The smallest absolute Gasteiger partial charge is 0.0558 e. The van der Waals surface area contributed by atoms with Crippen molar-refractivity contribution in [2.24, 2.45) is 5.92 Å². The van der Waals surface area contributed by atoms with Gasteiger partial charge < -0.3 is 15.5 Å². The van der Waals surface area contributed by atoms with E-state index in [0.29, 0.717) is 12.6 Å². The number of unbranched alkanes of at least 4 members (excludes halogenated alkanes) is 1. The van der Waals surface area contributed by atoms with Crippen molar-refractivity contribution in [2.75, 3.05) is 39.4 Å². The number of β-amino-alcohol motifs (C(OH)–C–C–N with tert-alkyl or cyclic N) is 1. The van der Waals surface area contributed by atoms with Gasteiger partial charge in [0.15, 0.2) is 0 Å². The van der Waals surface area contributed by atoms with Crippen LogP contribution in [0.25, 0.3) is 0 Å². The molecule has 1 fully saturated rings. The van der Waals surface area contributed by atoms with Gasteiger partial charge in [0.25, 0.3) is 0 Å². The van der Waals surface area contributed by atoms with Crippen LogP contribution in [0.3, 0.4) is 0 Å². The Hall–Kier alpha value is -0.160. The summed E-state index contributed by atoms with van der Waals surface area (Å²) in [4.78, 5) is 2.35. The number of hydrogen-bond acceptors (Lipinski definition) is 4. The van der Waals surface area contributed by atoms with Crippen molar-refractivity contribution in [3.05, 3.63) is 0 Å². The molecule has 0 amide bonds. The number of piperidine rings is 1. The second-order valence-corrected chi connectivity index (χ2v) is 5.10. The molecular weight excluding hydrogens is 216 g/mol. The van der Waals surface area contributed by atoms with Gasteiger partial charge in [-0.15, -0.1) is 0 Å². The van der Waals surface area contributed by atoms with E-state index in [1.165, 1.54) is 25.7 Å². The highest BCUT2D eigenvalue weighted by Gasteiger charge is 2.25. The third-order valence-electron chi connectivity index (χ3n) is 3.54. The molecule has 1 aliphatic rings. The molecule has 1 saturated heterocycles. The van der Waals surface area contributed by atoms with Crippen LogP contribution in [0.1, 0.15) is 32.6 Å². The summed E-state index contributed by atoms with van der Waals surface area (Å²) >= 11 is 0. The van der Waals surface area contributed by atoms with Crippen molar-refractivity contribution < 1.29 is 10.2 Å². The fourth-order valence-corrected chi connectivity index (χ4v) is 2.75.